The van der Waals surface area contributed by atoms with Gasteiger partial charge in [-0.15, -0.1) is 0 Å². The molecule has 0 aliphatic carbocycles. The lowest BCUT2D eigenvalue weighted by atomic mass is 10.0. The molecule has 2 aromatic carbocycles. The highest BCUT2D eigenvalue weighted by atomic mass is 32.2. The first-order valence-corrected chi connectivity index (χ1v) is 10.3. The molecular formula is C21H25NO4S. The minimum Gasteiger partial charge on any atom is -0.463 e. The predicted molar refractivity (Wildman–Crippen MR) is 106 cm³/mol. The number of benzene rings is 2. The molecule has 1 amide bonds. The van der Waals surface area contributed by atoms with Crippen LogP contribution in [0.1, 0.15) is 47.8 Å². The topological polar surface area (TPSA) is 72.5 Å². The van der Waals surface area contributed by atoms with Gasteiger partial charge in [0.2, 0.25) is 0 Å². The molecule has 0 saturated heterocycles. The predicted octanol–water partition coefficient (Wildman–Crippen LogP) is 3.55. The number of ether oxygens (including phenoxy) is 1. The molecule has 0 saturated carbocycles. The lowest BCUT2D eigenvalue weighted by molar-refractivity contribution is -0.147. The SMILES string of the molecule is Cc1ccc(C(CC(=O)OC(C)C)NC(=O)c2ccc(S(C)=O)cc2)cc1. The highest BCUT2D eigenvalue weighted by Gasteiger charge is 2.21. The number of rotatable bonds is 7. The van der Waals surface area contributed by atoms with E-state index >= 15 is 0 Å². The Morgan fingerprint density at radius 3 is 2.15 bits per heavy atom. The van der Waals surface area contributed by atoms with E-state index in [9.17, 15) is 13.8 Å². The molecule has 0 aromatic heterocycles. The summed E-state index contributed by atoms with van der Waals surface area (Å²) < 4.78 is 16.7. The van der Waals surface area contributed by atoms with Gasteiger partial charge in [0.1, 0.15) is 0 Å². The Bertz CT molecular complexity index is 813. The van der Waals surface area contributed by atoms with Gasteiger partial charge >= 0.3 is 5.97 Å². The third-order valence-corrected chi connectivity index (χ3v) is 4.91. The second-order valence-electron chi connectivity index (χ2n) is 6.66. The summed E-state index contributed by atoms with van der Waals surface area (Å²) in [5.74, 6) is -0.668. The normalized spacial score (nSPS) is 13.1. The van der Waals surface area contributed by atoms with Crippen LogP contribution < -0.4 is 5.32 Å². The lowest BCUT2D eigenvalue weighted by Gasteiger charge is -2.20. The average molecular weight is 388 g/mol. The summed E-state index contributed by atoms with van der Waals surface area (Å²) in [5.41, 5.74) is 2.37. The molecule has 2 unspecified atom stereocenters. The summed E-state index contributed by atoms with van der Waals surface area (Å²) in [7, 11) is -1.10. The zero-order valence-corrected chi connectivity index (χ0v) is 16.8. The van der Waals surface area contributed by atoms with Gasteiger partial charge in [-0.1, -0.05) is 29.8 Å². The van der Waals surface area contributed by atoms with E-state index in [1.807, 2.05) is 31.2 Å². The molecule has 6 heteroatoms. The van der Waals surface area contributed by atoms with Crippen molar-refractivity contribution in [2.75, 3.05) is 6.26 Å². The summed E-state index contributed by atoms with van der Waals surface area (Å²) in [5, 5.41) is 2.91. The minimum absolute atomic E-state index is 0.0457. The van der Waals surface area contributed by atoms with Crippen LogP contribution in [-0.2, 0) is 20.3 Å². The second-order valence-corrected chi connectivity index (χ2v) is 8.04. The number of esters is 1. The summed E-state index contributed by atoms with van der Waals surface area (Å²) in [6.07, 6.45) is 1.42. The Labute approximate surface area is 162 Å². The van der Waals surface area contributed by atoms with Crippen LogP contribution in [0.5, 0.6) is 0 Å². The number of hydrogen-bond donors (Lipinski definition) is 1. The number of nitrogens with one attached hydrogen (secondary N) is 1. The number of carbonyl (C=O) groups excluding carboxylic acids is 2. The van der Waals surface area contributed by atoms with E-state index < -0.39 is 16.8 Å². The Balaban J connectivity index is 2.19. The standard InChI is InChI=1S/C21H25NO4S/c1-14(2)26-20(23)13-19(16-7-5-15(3)6-8-16)22-21(24)17-9-11-18(12-10-17)27(4)25/h5-12,14,19H,13H2,1-4H3,(H,22,24). The van der Waals surface area contributed by atoms with Gasteiger partial charge in [0.05, 0.1) is 18.6 Å². The number of carbonyl (C=O) groups is 2. The summed E-state index contributed by atoms with van der Waals surface area (Å²) in [6, 6.07) is 13.8. The van der Waals surface area contributed by atoms with E-state index in [0.717, 1.165) is 11.1 Å². The Morgan fingerprint density at radius 2 is 1.63 bits per heavy atom. The van der Waals surface area contributed by atoms with Crippen LogP contribution in [0.2, 0.25) is 0 Å². The van der Waals surface area contributed by atoms with Gasteiger partial charge in [-0.3, -0.25) is 13.8 Å². The second kappa shape index (κ2) is 9.46. The quantitative estimate of drug-likeness (QED) is 0.738. The van der Waals surface area contributed by atoms with E-state index in [1.54, 1.807) is 44.4 Å². The van der Waals surface area contributed by atoms with Crippen molar-refractivity contribution < 1.29 is 18.5 Å². The van der Waals surface area contributed by atoms with Gasteiger partial charge in [-0.2, -0.15) is 0 Å². The molecule has 144 valence electrons. The van der Waals surface area contributed by atoms with Crippen molar-refractivity contribution in [1.82, 2.24) is 5.32 Å². The molecule has 0 aliphatic rings. The van der Waals surface area contributed by atoms with Gasteiger partial charge in [0.25, 0.3) is 5.91 Å². The van der Waals surface area contributed by atoms with Crippen molar-refractivity contribution in [3.63, 3.8) is 0 Å². The lowest BCUT2D eigenvalue weighted by Crippen LogP contribution is -2.31. The van der Waals surface area contributed by atoms with Crippen LogP contribution in [0.4, 0.5) is 0 Å². The third kappa shape index (κ3) is 6.32. The number of amides is 1. The summed E-state index contributed by atoms with van der Waals surface area (Å²) >= 11 is 0. The van der Waals surface area contributed by atoms with Crippen LogP contribution in [0.3, 0.4) is 0 Å². The van der Waals surface area contributed by atoms with Crippen molar-refractivity contribution in [3.8, 4) is 0 Å². The molecule has 0 spiro atoms. The Kier molecular flexibility index (Phi) is 7.30. The monoisotopic (exact) mass is 387 g/mol. The molecule has 0 bridgehead atoms. The molecule has 2 rings (SSSR count). The van der Waals surface area contributed by atoms with Gasteiger partial charge in [0, 0.05) is 27.5 Å². The van der Waals surface area contributed by atoms with E-state index in [0.29, 0.717) is 10.5 Å². The van der Waals surface area contributed by atoms with Crippen LogP contribution in [0.25, 0.3) is 0 Å². The smallest absolute Gasteiger partial charge is 0.308 e. The molecule has 1 N–H and O–H groups in total. The fraction of sp³-hybridized carbons (Fsp3) is 0.333. The zero-order chi connectivity index (χ0) is 20.0. The molecule has 2 atom stereocenters. The Hall–Kier alpha value is -2.47. The average Bonchev–Trinajstić information content (AvgIpc) is 2.61. The molecule has 2 aromatic rings. The van der Waals surface area contributed by atoms with E-state index in [2.05, 4.69) is 5.32 Å². The van der Waals surface area contributed by atoms with Crippen LogP contribution in [0, 0.1) is 6.92 Å². The highest BCUT2D eigenvalue weighted by Crippen LogP contribution is 2.20. The van der Waals surface area contributed by atoms with Gasteiger partial charge in [-0.25, -0.2) is 0 Å². The first kappa shape index (κ1) is 20.8. The van der Waals surface area contributed by atoms with E-state index in [-0.39, 0.29) is 24.4 Å². The summed E-state index contributed by atoms with van der Waals surface area (Å²) in [4.78, 5) is 25.4. The van der Waals surface area contributed by atoms with Gasteiger partial charge in [-0.05, 0) is 50.6 Å². The van der Waals surface area contributed by atoms with Crippen molar-refractivity contribution in [3.05, 3.63) is 65.2 Å². The molecule has 27 heavy (non-hydrogen) atoms. The number of hydrogen-bond acceptors (Lipinski definition) is 4. The fourth-order valence-corrected chi connectivity index (χ4v) is 3.09. The minimum atomic E-state index is -1.10. The maximum absolute atomic E-state index is 12.6. The maximum atomic E-state index is 12.6. The van der Waals surface area contributed by atoms with Crippen molar-refractivity contribution in [1.29, 1.82) is 0 Å². The molecule has 5 nitrogen and oxygen atoms in total. The molecular weight excluding hydrogens is 362 g/mol. The van der Waals surface area contributed by atoms with Crippen LogP contribution in [0.15, 0.2) is 53.4 Å². The van der Waals surface area contributed by atoms with Crippen molar-refractivity contribution in [2.24, 2.45) is 0 Å². The fourth-order valence-electron chi connectivity index (χ4n) is 2.57. The highest BCUT2D eigenvalue weighted by molar-refractivity contribution is 7.84. The van der Waals surface area contributed by atoms with Crippen molar-refractivity contribution in [2.45, 2.75) is 44.2 Å². The molecule has 0 aliphatic heterocycles. The van der Waals surface area contributed by atoms with Crippen molar-refractivity contribution >= 4 is 22.7 Å². The van der Waals surface area contributed by atoms with Gasteiger partial charge in [0.15, 0.2) is 0 Å². The zero-order valence-electron chi connectivity index (χ0n) is 16.0. The first-order valence-electron chi connectivity index (χ1n) is 8.76. The third-order valence-electron chi connectivity index (χ3n) is 3.97. The molecule has 0 fully saturated rings. The Morgan fingerprint density at radius 1 is 1.04 bits per heavy atom. The van der Waals surface area contributed by atoms with Gasteiger partial charge < -0.3 is 10.1 Å². The number of aryl methyl sites for hydroxylation is 1. The molecule has 0 heterocycles. The first-order chi connectivity index (χ1) is 12.8. The van der Waals surface area contributed by atoms with Crippen LogP contribution in [-0.4, -0.2) is 28.4 Å². The van der Waals surface area contributed by atoms with E-state index in [4.69, 9.17) is 4.74 Å². The van der Waals surface area contributed by atoms with E-state index in [1.165, 1.54) is 0 Å². The largest absolute Gasteiger partial charge is 0.463 e. The van der Waals surface area contributed by atoms with Crippen LogP contribution >= 0.6 is 0 Å². The molecule has 0 radical (unpaired) electrons. The summed E-state index contributed by atoms with van der Waals surface area (Å²) in [6.45, 7) is 5.55. The maximum Gasteiger partial charge on any atom is 0.308 e.